The molecule has 1 saturated heterocycles. The normalized spacial score (nSPS) is 20.0. The quantitative estimate of drug-likeness (QED) is 0.875. The fraction of sp³-hybridized carbons (Fsp3) is 0.500. The van der Waals surface area contributed by atoms with Gasteiger partial charge in [0.1, 0.15) is 0 Å². The van der Waals surface area contributed by atoms with Crippen molar-refractivity contribution in [2.24, 2.45) is 0 Å². The van der Waals surface area contributed by atoms with Gasteiger partial charge in [-0.25, -0.2) is 4.98 Å². The summed E-state index contributed by atoms with van der Waals surface area (Å²) in [5, 5.41) is 1.25. The molecule has 1 aromatic carbocycles. The number of halogens is 1. The van der Waals surface area contributed by atoms with Crippen LogP contribution in [0.25, 0.3) is 10.9 Å². The van der Waals surface area contributed by atoms with Crippen molar-refractivity contribution in [3.8, 4) is 0 Å². The van der Waals surface area contributed by atoms with Crippen LogP contribution in [-0.2, 0) is 6.54 Å². The van der Waals surface area contributed by atoms with Gasteiger partial charge in [-0.2, -0.15) is 0 Å². The molecule has 2 heterocycles. The van der Waals surface area contributed by atoms with E-state index in [9.17, 15) is 4.79 Å². The Kier molecular flexibility index (Phi) is 4.27. The molecule has 1 aliphatic heterocycles. The van der Waals surface area contributed by atoms with Crippen LogP contribution in [-0.4, -0.2) is 34.1 Å². The van der Waals surface area contributed by atoms with E-state index in [0.717, 1.165) is 19.5 Å². The number of fused-ring (bicyclic) bond motifs is 1. The summed E-state index contributed by atoms with van der Waals surface area (Å²) in [4.78, 5) is 19.2. The van der Waals surface area contributed by atoms with Crippen LogP contribution >= 0.6 is 11.6 Å². The zero-order chi connectivity index (χ0) is 14.8. The van der Waals surface area contributed by atoms with Crippen molar-refractivity contribution in [2.45, 2.75) is 38.3 Å². The maximum Gasteiger partial charge on any atom is 0.261 e. The molecule has 1 fully saturated rings. The van der Waals surface area contributed by atoms with Gasteiger partial charge in [0.05, 0.1) is 17.2 Å². The second-order valence-corrected chi connectivity index (χ2v) is 6.26. The maximum atomic E-state index is 12.5. The molecule has 0 saturated carbocycles. The predicted molar refractivity (Wildman–Crippen MR) is 85.9 cm³/mol. The third-order valence-corrected chi connectivity index (χ3v) is 4.65. The monoisotopic (exact) mass is 305 g/mol. The molecule has 1 aromatic heterocycles. The van der Waals surface area contributed by atoms with Crippen LogP contribution in [0.15, 0.2) is 29.3 Å². The Hall–Kier alpha value is -1.39. The minimum Gasteiger partial charge on any atom is -0.303 e. The summed E-state index contributed by atoms with van der Waals surface area (Å²) in [7, 11) is 2.17. The highest BCUT2D eigenvalue weighted by Crippen LogP contribution is 2.18. The van der Waals surface area contributed by atoms with Gasteiger partial charge >= 0.3 is 0 Å². The van der Waals surface area contributed by atoms with Gasteiger partial charge in [0, 0.05) is 17.6 Å². The molecule has 0 unspecified atom stereocenters. The third-order valence-electron chi connectivity index (χ3n) is 4.41. The SMILES string of the molecule is CN1CCCC[C@H]1CCn1cnc2cc(Cl)ccc2c1=O. The van der Waals surface area contributed by atoms with Crippen molar-refractivity contribution >= 4 is 22.5 Å². The van der Waals surface area contributed by atoms with Gasteiger partial charge in [-0.05, 0) is 51.1 Å². The van der Waals surface area contributed by atoms with Crippen molar-refractivity contribution in [1.82, 2.24) is 14.5 Å². The topological polar surface area (TPSA) is 38.1 Å². The minimum atomic E-state index is 0.0233. The summed E-state index contributed by atoms with van der Waals surface area (Å²) < 4.78 is 1.72. The largest absolute Gasteiger partial charge is 0.303 e. The highest BCUT2D eigenvalue weighted by molar-refractivity contribution is 6.31. The molecule has 3 rings (SSSR count). The minimum absolute atomic E-state index is 0.0233. The van der Waals surface area contributed by atoms with E-state index in [2.05, 4.69) is 16.9 Å². The molecular formula is C16H20ClN3O. The van der Waals surface area contributed by atoms with E-state index in [1.54, 1.807) is 29.1 Å². The molecule has 1 atom stereocenters. The van der Waals surface area contributed by atoms with E-state index in [1.165, 1.54) is 19.3 Å². The highest BCUT2D eigenvalue weighted by atomic mass is 35.5. The number of likely N-dealkylation sites (tertiary alicyclic amines) is 1. The van der Waals surface area contributed by atoms with Crippen molar-refractivity contribution in [1.29, 1.82) is 0 Å². The molecule has 112 valence electrons. The first-order valence-electron chi connectivity index (χ1n) is 7.50. The van der Waals surface area contributed by atoms with Gasteiger partial charge < -0.3 is 4.90 Å². The maximum absolute atomic E-state index is 12.5. The van der Waals surface area contributed by atoms with E-state index in [1.807, 2.05) is 0 Å². The Balaban J connectivity index is 1.79. The average molecular weight is 306 g/mol. The Labute approximate surface area is 129 Å². The van der Waals surface area contributed by atoms with Gasteiger partial charge in [-0.15, -0.1) is 0 Å². The van der Waals surface area contributed by atoms with Gasteiger partial charge in [-0.3, -0.25) is 9.36 Å². The first-order valence-corrected chi connectivity index (χ1v) is 7.88. The second-order valence-electron chi connectivity index (χ2n) is 5.82. The highest BCUT2D eigenvalue weighted by Gasteiger charge is 2.18. The average Bonchev–Trinajstić information content (AvgIpc) is 2.48. The van der Waals surface area contributed by atoms with Crippen molar-refractivity contribution in [2.75, 3.05) is 13.6 Å². The lowest BCUT2D eigenvalue weighted by molar-refractivity contribution is 0.170. The Morgan fingerprint density at radius 1 is 1.38 bits per heavy atom. The van der Waals surface area contributed by atoms with E-state index >= 15 is 0 Å². The van der Waals surface area contributed by atoms with Crippen molar-refractivity contribution < 1.29 is 0 Å². The molecule has 21 heavy (non-hydrogen) atoms. The van der Waals surface area contributed by atoms with Crippen molar-refractivity contribution in [3.05, 3.63) is 39.9 Å². The summed E-state index contributed by atoms with van der Waals surface area (Å²) in [6.07, 6.45) is 6.44. The number of hydrogen-bond donors (Lipinski definition) is 0. The molecule has 0 spiro atoms. The fourth-order valence-electron chi connectivity index (χ4n) is 3.09. The Bertz CT molecular complexity index is 697. The molecule has 2 aromatic rings. The first-order chi connectivity index (χ1) is 10.1. The molecule has 0 radical (unpaired) electrons. The van der Waals surface area contributed by atoms with Crippen molar-refractivity contribution in [3.63, 3.8) is 0 Å². The van der Waals surface area contributed by atoms with E-state index in [4.69, 9.17) is 11.6 Å². The number of nitrogens with zero attached hydrogens (tertiary/aromatic N) is 3. The predicted octanol–water partition coefficient (Wildman–Crippen LogP) is 2.92. The number of piperidine rings is 1. The van der Waals surface area contributed by atoms with Gasteiger partial charge in [0.25, 0.3) is 5.56 Å². The zero-order valence-corrected chi connectivity index (χ0v) is 13.0. The summed E-state index contributed by atoms with van der Waals surface area (Å²) >= 11 is 5.94. The number of aryl methyl sites for hydroxylation is 1. The third kappa shape index (κ3) is 3.11. The molecule has 0 bridgehead atoms. The van der Waals surface area contributed by atoms with Crippen LogP contribution in [0.5, 0.6) is 0 Å². The number of benzene rings is 1. The van der Waals surface area contributed by atoms with Crippen LogP contribution in [0.2, 0.25) is 5.02 Å². The molecule has 5 heteroatoms. The van der Waals surface area contributed by atoms with Gasteiger partial charge in [0.15, 0.2) is 0 Å². The Morgan fingerprint density at radius 3 is 3.05 bits per heavy atom. The summed E-state index contributed by atoms with van der Waals surface area (Å²) in [5.74, 6) is 0. The van der Waals surface area contributed by atoms with E-state index in [-0.39, 0.29) is 5.56 Å². The van der Waals surface area contributed by atoms with Crippen LogP contribution in [0.1, 0.15) is 25.7 Å². The Morgan fingerprint density at radius 2 is 2.24 bits per heavy atom. The smallest absolute Gasteiger partial charge is 0.261 e. The van der Waals surface area contributed by atoms with E-state index in [0.29, 0.717) is 22.0 Å². The standard InChI is InChI=1S/C16H20ClN3O/c1-19-8-3-2-4-13(19)7-9-20-11-18-15-10-12(17)5-6-14(15)16(20)21/h5-6,10-11,13H,2-4,7-9H2,1H3/t13-/m0/s1. The second kappa shape index (κ2) is 6.16. The van der Waals surface area contributed by atoms with Crippen LogP contribution in [0.4, 0.5) is 0 Å². The molecular weight excluding hydrogens is 286 g/mol. The lowest BCUT2D eigenvalue weighted by Crippen LogP contribution is -2.37. The fourth-order valence-corrected chi connectivity index (χ4v) is 3.25. The first kappa shape index (κ1) is 14.5. The zero-order valence-electron chi connectivity index (χ0n) is 12.3. The lowest BCUT2D eigenvalue weighted by Gasteiger charge is -2.32. The summed E-state index contributed by atoms with van der Waals surface area (Å²) in [5.41, 5.74) is 0.689. The van der Waals surface area contributed by atoms with Gasteiger partial charge in [-0.1, -0.05) is 18.0 Å². The van der Waals surface area contributed by atoms with Gasteiger partial charge in [0.2, 0.25) is 0 Å². The molecule has 1 aliphatic rings. The van der Waals surface area contributed by atoms with E-state index < -0.39 is 0 Å². The molecule has 0 amide bonds. The molecule has 4 nitrogen and oxygen atoms in total. The molecule has 0 N–H and O–H groups in total. The lowest BCUT2D eigenvalue weighted by atomic mass is 10.0. The molecule has 0 aliphatic carbocycles. The number of aromatic nitrogens is 2. The number of rotatable bonds is 3. The van der Waals surface area contributed by atoms with Crippen LogP contribution < -0.4 is 5.56 Å². The van der Waals surface area contributed by atoms with Crippen LogP contribution in [0.3, 0.4) is 0 Å². The summed E-state index contributed by atoms with van der Waals surface area (Å²) in [6, 6.07) is 5.81. The summed E-state index contributed by atoms with van der Waals surface area (Å²) in [6.45, 7) is 1.88. The van der Waals surface area contributed by atoms with Crippen LogP contribution in [0, 0.1) is 0 Å². The number of hydrogen-bond acceptors (Lipinski definition) is 3.